The monoisotopic (exact) mass is 343 g/mol. The minimum Gasteiger partial charge on any atom is -0.377 e. The third kappa shape index (κ3) is 4.14. The van der Waals surface area contributed by atoms with Gasteiger partial charge in [-0.2, -0.15) is 0 Å². The first-order valence-electron chi connectivity index (χ1n) is 9.48. The largest absolute Gasteiger partial charge is 0.377 e. The molecule has 1 N–H and O–H groups in total. The molecular weight excluding hydrogens is 314 g/mol. The third-order valence-electron chi connectivity index (χ3n) is 5.35. The molecule has 1 heterocycles. The average molecular weight is 343 g/mol. The maximum absolute atomic E-state index is 13.0. The van der Waals surface area contributed by atoms with Crippen LogP contribution in [0.3, 0.4) is 0 Å². The summed E-state index contributed by atoms with van der Waals surface area (Å²) in [5, 5.41) is 3.02. The molecule has 136 valence electrons. The Bertz CT molecular complexity index is 630. The van der Waals surface area contributed by atoms with E-state index in [1.165, 1.54) is 6.42 Å². The van der Waals surface area contributed by atoms with Crippen LogP contribution in [0.25, 0.3) is 0 Å². The maximum atomic E-state index is 13.0. The van der Waals surface area contributed by atoms with Crippen LogP contribution >= 0.6 is 0 Å². The summed E-state index contributed by atoms with van der Waals surface area (Å²) in [6.45, 7) is 1.65. The van der Waals surface area contributed by atoms with Crippen LogP contribution in [-0.2, 0) is 4.79 Å². The van der Waals surface area contributed by atoms with E-state index in [2.05, 4.69) is 5.32 Å². The number of likely N-dealkylation sites (tertiary alicyclic amines) is 1. The van der Waals surface area contributed by atoms with Crippen molar-refractivity contribution >= 4 is 23.2 Å². The highest BCUT2D eigenvalue weighted by molar-refractivity contribution is 6.02. The Hall–Kier alpha value is -2.04. The van der Waals surface area contributed by atoms with Crippen LogP contribution in [0.2, 0.25) is 0 Å². The minimum atomic E-state index is 0.0698. The van der Waals surface area contributed by atoms with E-state index < -0.39 is 0 Å². The van der Waals surface area contributed by atoms with E-state index >= 15 is 0 Å². The van der Waals surface area contributed by atoms with E-state index in [9.17, 15) is 9.59 Å². The number of benzene rings is 1. The molecule has 25 heavy (non-hydrogen) atoms. The second-order valence-electron chi connectivity index (χ2n) is 7.45. The summed E-state index contributed by atoms with van der Waals surface area (Å²) >= 11 is 0. The maximum Gasteiger partial charge on any atom is 0.256 e. The highest BCUT2D eigenvalue weighted by atomic mass is 16.2. The number of amides is 2. The summed E-state index contributed by atoms with van der Waals surface area (Å²) in [5.74, 6) is 0.279. The molecule has 1 aliphatic heterocycles. The Morgan fingerprint density at radius 1 is 1.04 bits per heavy atom. The van der Waals surface area contributed by atoms with Gasteiger partial charge < -0.3 is 15.1 Å². The van der Waals surface area contributed by atoms with E-state index in [-0.39, 0.29) is 17.7 Å². The van der Waals surface area contributed by atoms with Crippen molar-refractivity contribution in [3.63, 3.8) is 0 Å². The van der Waals surface area contributed by atoms with Crippen LogP contribution in [0.1, 0.15) is 55.3 Å². The molecule has 1 aromatic carbocycles. The van der Waals surface area contributed by atoms with Crippen molar-refractivity contribution in [1.29, 1.82) is 0 Å². The summed E-state index contributed by atoms with van der Waals surface area (Å²) in [7, 11) is 3.89. The molecule has 0 aromatic heterocycles. The van der Waals surface area contributed by atoms with E-state index in [0.29, 0.717) is 5.56 Å². The van der Waals surface area contributed by atoms with Gasteiger partial charge in [0.15, 0.2) is 0 Å². The van der Waals surface area contributed by atoms with Gasteiger partial charge in [-0.15, -0.1) is 0 Å². The smallest absolute Gasteiger partial charge is 0.256 e. The van der Waals surface area contributed by atoms with Crippen molar-refractivity contribution in [1.82, 2.24) is 4.90 Å². The topological polar surface area (TPSA) is 52.7 Å². The quantitative estimate of drug-likeness (QED) is 0.910. The molecule has 1 saturated heterocycles. The van der Waals surface area contributed by atoms with Gasteiger partial charge in [-0.25, -0.2) is 0 Å². The molecule has 0 radical (unpaired) electrons. The van der Waals surface area contributed by atoms with Crippen LogP contribution < -0.4 is 10.2 Å². The summed E-state index contributed by atoms with van der Waals surface area (Å²) in [5.41, 5.74) is 2.30. The summed E-state index contributed by atoms with van der Waals surface area (Å²) in [6.07, 6.45) is 7.55. The molecule has 5 nitrogen and oxygen atoms in total. The fourth-order valence-electron chi connectivity index (χ4n) is 3.87. The van der Waals surface area contributed by atoms with Crippen LogP contribution in [0.4, 0.5) is 11.4 Å². The molecule has 2 amide bonds. The van der Waals surface area contributed by atoms with Crippen molar-refractivity contribution in [2.75, 3.05) is 37.4 Å². The fourth-order valence-corrected chi connectivity index (χ4v) is 3.87. The molecule has 3 rings (SSSR count). The first-order valence-corrected chi connectivity index (χ1v) is 9.48. The normalized spacial score (nSPS) is 18.2. The number of hydrogen-bond donors (Lipinski definition) is 1. The minimum absolute atomic E-state index is 0.0698. The molecule has 2 fully saturated rings. The van der Waals surface area contributed by atoms with Gasteiger partial charge in [-0.1, -0.05) is 12.8 Å². The number of hydrogen-bond acceptors (Lipinski definition) is 3. The molecule has 1 aromatic rings. The van der Waals surface area contributed by atoms with Crippen LogP contribution in [-0.4, -0.2) is 43.9 Å². The Morgan fingerprint density at radius 3 is 2.36 bits per heavy atom. The zero-order valence-corrected chi connectivity index (χ0v) is 15.4. The van der Waals surface area contributed by atoms with Crippen molar-refractivity contribution in [2.45, 2.75) is 44.9 Å². The number of nitrogens with one attached hydrogen (secondary N) is 1. The van der Waals surface area contributed by atoms with Crippen molar-refractivity contribution in [2.24, 2.45) is 5.92 Å². The predicted octanol–water partition coefficient (Wildman–Crippen LogP) is 3.51. The molecule has 0 atom stereocenters. The van der Waals surface area contributed by atoms with E-state index in [4.69, 9.17) is 0 Å². The number of rotatable bonds is 4. The highest BCUT2D eigenvalue weighted by Gasteiger charge is 2.25. The lowest BCUT2D eigenvalue weighted by Gasteiger charge is -2.28. The van der Waals surface area contributed by atoms with E-state index in [1.807, 2.05) is 42.1 Å². The van der Waals surface area contributed by atoms with Gasteiger partial charge in [0.1, 0.15) is 0 Å². The van der Waals surface area contributed by atoms with Gasteiger partial charge in [-0.3, -0.25) is 9.59 Å². The number of nitrogens with zero attached hydrogens (tertiary/aromatic N) is 2. The average Bonchev–Trinajstić information content (AvgIpc) is 3.16. The number of carbonyl (C=O) groups excluding carboxylic acids is 2. The number of piperidine rings is 1. The van der Waals surface area contributed by atoms with Crippen LogP contribution in [0, 0.1) is 5.92 Å². The summed E-state index contributed by atoms with van der Waals surface area (Å²) in [6, 6.07) is 5.68. The Balaban J connectivity index is 1.81. The predicted molar refractivity (Wildman–Crippen MR) is 101 cm³/mol. The van der Waals surface area contributed by atoms with Crippen LogP contribution in [0.15, 0.2) is 18.2 Å². The molecule has 0 spiro atoms. The lowest BCUT2D eigenvalue weighted by molar-refractivity contribution is -0.119. The molecule has 1 aliphatic carbocycles. The highest BCUT2D eigenvalue weighted by Crippen LogP contribution is 2.28. The molecule has 2 aliphatic rings. The van der Waals surface area contributed by atoms with E-state index in [0.717, 1.165) is 63.0 Å². The van der Waals surface area contributed by atoms with E-state index in [1.54, 1.807) is 0 Å². The Morgan fingerprint density at radius 2 is 1.72 bits per heavy atom. The van der Waals surface area contributed by atoms with Gasteiger partial charge in [0.2, 0.25) is 5.91 Å². The fraction of sp³-hybridized carbons (Fsp3) is 0.600. The lowest BCUT2D eigenvalue weighted by atomic mass is 10.1. The van der Waals surface area contributed by atoms with Gasteiger partial charge in [0.05, 0.1) is 5.56 Å². The molecule has 5 heteroatoms. The SMILES string of the molecule is CN(C)c1ccc(NC(=O)C2CCCC2)cc1C(=O)N1CCCCC1. The van der Waals surface area contributed by atoms with Gasteiger partial charge in [0.25, 0.3) is 5.91 Å². The first kappa shape index (κ1) is 17.8. The van der Waals surface area contributed by atoms with Gasteiger partial charge in [0, 0.05) is 44.5 Å². The summed E-state index contributed by atoms with van der Waals surface area (Å²) < 4.78 is 0. The van der Waals surface area contributed by atoms with Crippen LogP contribution in [0.5, 0.6) is 0 Å². The third-order valence-corrected chi connectivity index (χ3v) is 5.35. The standard InChI is InChI=1S/C20H29N3O2/c1-22(2)18-11-10-16(21-19(24)15-8-4-5-9-15)14-17(18)20(25)23-12-6-3-7-13-23/h10-11,14-15H,3-9,12-13H2,1-2H3,(H,21,24). The number of anilines is 2. The van der Waals surface area contributed by atoms with Gasteiger partial charge >= 0.3 is 0 Å². The molecule has 0 unspecified atom stereocenters. The molecular formula is C20H29N3O2. The molecule has 0 bridgehead atoms. The lowest BCUT2D eigenvalue weighted by Crippen LogP contribution is -2.36. The van der Waals surface area contributed by atoms with Crippen molar-refractivity contribution in [3.8, 4) is 0 Å². The second kappa shape index (κ2) is 7.89. The second-order valence-corrected chi connectivity index (χ2v) is 7.45. The first-order chi connectivity index (χ1) is 12.1. The zero-order chi connectivity index (χ0) is 17.8. The molecule has 1 saturated carbocycles. The summed E-state index contributed by atoms with van der Waals surface area (Å²) in [4.78, 5) is 29.3. The van der Waals surface area contributed by atoms with Crippen molar-refractivity contribution in [3.05, 3.63) is 23.8 Å². The van der Waals surface area contributed by atoms with Gasteiger partial charge in [-0.05, 0) is 50.3 Å². The zero-order valence-electron chi connectivity index (χ0n) is 15.4. The Kier molecular flexibility index (Phi) is 5.61. The van der Waals surface area contributed by atoms with Crippen molar-refractivity contribution < 1.29 is 9.59 Å². The number of carbonyl (C=O) groups is 2. The Labute approximate surface area is 150 Å².